The van der Waals surface area contributed by atoms with Crippen LogP contribution >= 0.6 is 12.2 Å². The van der Waals surface area contributed by atoms with Gasteiger partial charge in [-0.15, -0.1) is 143 Å². The quantitative estimate of drug-likeness (QED) is 0.0283. The van der Waals surface area contributed by atoms with Gasteiger partial charge in [0.15, 0.2) is 0 Å². The van der Waals surface area contributed by atoms with Gasteiger partial charge in [0.2, 0.25) is 0 Å². The number of thiocyanates is 1. The van der Waals surface area contributed by atoms with E-state index in [0.29, 0.717) is 0 Å². The minimum absolute atomic E-state index is 0. The predicted molar refractivity (Wildman–Crippen MR) is 570 cm³/mol. The van der Waals surface area contributed by atoms with Gasteiger partial charge < -0.3 is 39.8 Å². The standard InChI is InChI=1S/6C17H11N.C10H13.C7H8N.C5H4N.CHNS.CNS.CN.6Ni/c6*1-2-7-14(8-3-1)15-9-6-10-16(13-15)17-11-4-5-12-18-17;1-10(2,3)9-7-5-4-6-8-9;1-6-4-3-5-7(2)8-6;1-2-4-6-5-3-1;2*2-1-3;1-2;;;;;;/h6*1-7,9-12H;5-8H,1-3H3;4-5H,1-2H3;2-5H;3H;;;;;;;;/q6*-2;3*-1;;2*-1;6*+3/p-1. The van der Waals surface area contributed by atoms with Crippen molar-refractivity contribution >= 4 is 30.0 Å². The number of aromatic nitrogens is 8. The van der Waals surface area contributed by atoms with Gasteiger partial charge in [-0.3, -0.25) is 29.9 Å². The van der Waals surface area contributed by atoms with E-state index in [9.17, 15) is 0 Å². The first-order valence-electron chi connectivity index (χ1n) is 44.1. The van der Waals surface area contributed by atoms with Crippen LogP contribution in [0.15, 0.2) is 462 Å². The Labute approximate surface area is 932 Å². The van der Waals surface area contributed by atoms with Gasteiger partial charge in [0.25, 0.3) is 0 Å². The number of hydrogen-bond acceptors (Lipinski definition) is 12. The van der Waals surface area contributed by atoms with E-state index in [4.69, 9.17) is 22.5 Å². The second kappa shape index (κ2) is 72.3. The Morgan fingerprint density at radius 1 is 0.260 bits per heavy atom. The summed E-state index contributed by atoms with van der Waals surface area (Å²) in [4.78, 5) is 33.9. The van der Waals surface area contributed by atoms with E-state index in [2.05, 4.69) is 189 Å². The summed E-state index contributed by atoms with van der Waals surface area (Å²) >= 11 is 7.40. The first-order chi connectivity index (χ1) is 68.8. The minimum atomic E-state index is 0. The van der Waals surface area contributed by atoms with E-state index < -0.39 is 0 Å². The molecule has 19 heteroatoms. The van der Waals surface area contributed by atoms with Gasteiger partial charge >= 0.3 is 98.9 Å². The van der Waals surface area contributed by atoms with Crippen molar-refractivity contribution in [3.8, 4) is 140 Å². The number of pyridine rings is 8. The summed E-state index contributed by atoms with van der Waals surface area (Å²) in [6, 6.07) is 183. The number of rotatable bonds is 12. The van der Waals surface area contributed by atoms with E-state index in [1.54, 1.807) is 61.7 Å². The first kappa shape index (κ1) is 123. The average Bonchev–Trinajstić information content (AvgIpc) is 0.827. The van der Waals surface area contributed by atoms with Crippen LogP contribution in [0.5, 0.6) is 0 Å². The molecule has 8 heterocycles. The second-order valence-electron chi connectivity index (χ2n) is 30.3. The topological polar surface area (TPSA) is 173 Å². The number of nitrogens with zero attached hydrogens (tertiary/aromatic N) is 11. The molecule has 0 saturated heterocycles. The molecule has 0 aliphatic rings. The number of hydrogen-bond donors (Lipinski definition) is 0. The molecule has 0 unspecified atom stereocenters. The molecule has 0 aliphatic carbocycles. The fourth-order valence-corrected chi connectivity index (χ4v) is 12.9. The number of nitriles is 1. The molecule has 8 aromatic heterocycles. The van der Waals surface area contributed by atoms with Crippen molar-refractivity contribution in [2.24, 2.45) is 0 Å². The van der Waals surface area contributed by atoms with Crippen LogP contribution in [0.1, 0.15) is 37.7 Å². The number of isothiocyanates is 1. The summed E-state index contributed by atoms with van der Waals surface area (Å²) in [7, 11) is 0. The molecule has 0 fully saturated rings. The van der Waals surface area contributed by atoms with E-state index in [1.165, 1.54) is 16.1 Å². The molecular weight excluding hydrogens is 2100 g/mol. The molecule has 0 atom stereocenters. The summed E-state index contributed by atoms with van der Waals surface area (Å²) in [6.45, 7) is 15.3. The molecule has 6 radical (unpaired) electrons. The van der Waals surface area contributed by atoms with Gasteiger partial charge in [0.1, 0.15) is 0 Å². The van der Waals surface area contributed by atoms with Crippen molar-refractivity contribution in [1.82, 2.24) is 39.9 Å². The zero-order valence-corrected chi connectivity index (χ0v) is 87.1. The van der Waals surface area contributed by atoms with E-state index in [1.807, 2.05) is 402 Å². The molecule has 0 N–H and O–H groups in total. The SMILES string of the molecule is CC(C)(C)c1cc[c-]cc1.Cc1c[c-]cc(C)n1.N#C[S-].[C-]#N.[N-]=C=S.[Ni+3].[Ni+3].[Ni+3].[Ni+3].[Ni+3].[Ni+3].[c-]1ccccc1-c1[c-]c(-c2ccccn2)ccc1.[c-]1ccccc1-c1[c-]c(-c2ccccn2)ccc1.[c-]1ccccc1-c1[c-]c(-c2ccccn2)ccc1.[c-]1ccccc1-c1[c-]c(-c2ccccn2)ccc1.[c-]1ccccc1-c1[c-]c(-c2ccccn2)ccc1.[c-]1ccccc1-c1[c-]c(-c2ccccn2)ccc1.[c-]1ccncc1. The fourth-order valence-electron chi connectivity index (χ4n) is 12.9. The summed E-state index contributed by atoms with van der Waals surface area (Å²) in [5.74, 6) is 0. The van der Waals surface area contributed by atoms with Crippen molar-refractivity contribution in [3.05, 3.63) is 582 Å². The minimum Gasteiger partial charge on any atom is -0.753 e. The molecule has 11 nitrogen and oxygen atoms in total. The number of thiocarbonyl (C=S) groups is 1. The van der Waals surface area contributed by atoms with Crippen molar-refractivity contribution in [1.29, 1.82) is 10.5 Å². The molecule has 0 amide bonds. The van der Waals surface area contributed by atoms with E-state index in [0.717, 1.165) is 146 Å². The van der Waals surface area contributed by atoms with Gasteiger partial charge in [0.05, 0.1) is 0 Å². The Kier molecular flexibility index (Phi) is 61.1. The Morgan fingerprint density at radius 2 is 0.445 bits per heavy atom. The Hall–Kier alpha value is -15.0. The summed E-state index contributed by atoms with van der Waals surface area (Å²) in [6.07, 6.45) is 14.2. The van der Waals surface area contributed by atoms with Crippen LogP contribution < -0.4 is 0 Å². The molecule has 21 aromatic rings. The first-order valence-corrected chi connectivity index (χ1v) is 44.9. The molecule has 726 valence electrons. The van der Waals surface area contributed by atoms with Gasteiger partial charge in [-0.1, -0.05) is 149 Å². The average molecular weight is 2190 g/mol. The van der Waals surface area contributed by atoms with Crippen LogP contribution in [-0.2, 0) is 117 Å². The molecule has 0 spiro atoms. The van der Waals surface area contributed by atoms with Crippen LogP contribution in [0.4, 0.5) is 0 Å². The second-order valence-corrected chi connectivity index (χ2v) is 30.7. The van der Waals surface area contributed by atoms with Crippen molar-refractivity contribution in [2.45, 2.75) is 40.0 Å². The maximum atomic E-state index is 7.13. The molecule has 0 bridgehead atoms. The third kappa shape index (κ3) is 44.1. The maximum absolute atomic E-state index is 7.13. The molecule has 0 aliphatic heterocycles. The van der Waals surface area contributed by atoms with Crippen LogP contribution in [0.3, 0.4) is 0 Å². The van der Waals surface area contributed by atoms with Gasteiger partial charge in [0, 0.05) is 71.3 Å². The van der Waals surface area contributed by atoms with Crippen LogP contribution in [0, 0.1) is 127 Å². The fraction of sp³-hybridized carbons (Fsp3) is 0.0472. The van der Waals surface area contributed by atoms with E-state index >= 15 is 0 Å². The van der Waals surface area contributed by atoms with Gasteiger partial charge in [-0.25, -0.2) is 38.6 Å². The van der Waals surface area contributed by atoms with Crippen LogP contribution in [-0.4, -0.2) is 45.0 Å². The van der Waals surface area contributed by atoms with Gasteiger partial charge in [-0.05, 0) is 41.8 Å². The molecule has 0 saturated carbocycles. The summed E-state index contributed by atoms with van der Waals surface area (Å²) in [5, 5.41) is 23.2. The molecule has 146 heavy (non-hydrogen) atoms. The number of aryl methyl sites for hydroxylation is 2. The van der Waals surface area contributed by atoms with Crippen LogP contribution in [0.25, 0.3) is 140 Å². The van der Waals surface area contributed by atoms with Crippen LogP contribution in [0.2, 0.25) is 0 Å². The van der Waals surface area contributed by atoms with E-state index in [-0.39, 0.29) is 104 Å². The molecular formula is C127H91N11Ni6S2. The third-order valence-electron chi connectivity index (χ3n) is 19.4. The van der Waals surface area contributed by atoms with Crippen molar-refractivity contribution in [2.75, 3.05) is 0 Å². The zero-order valence-electron chi connectivity index (χ0n) is 79.5. The normalized spacial score (nSPS) is 9.30. The number of benzene rings is 13. The van der Waals surface area contributed by atoms with Crippen molar-refractivity contribution in [3.63, 3.8) is 0 Å². The summed E-state index contributed by atoms with van der Waals surface area (Å²) < 4.78 is 0. The molecule has 21 rings (SSSR count). The van der Waals surface area contributed by atoms with Crippen molar-refractivity contribution < 1.29 is 98.9 Å². The maximum Gasteiger partial charge on any atom is 3.00 e. The van der Waals surface area contributed by atoms with Gasteiger partial charge in [-0.2, -0.15) is 329 Å². The largest absolute Gasteiger partial charge is 3.00 e. The monoisotopic (exact) mass is 2180 g/mol. The summed E-state index contributed by atoms with van der Waals surface area (Å²) in [5.41, 5.74) is 27.9. The predicted octanol–water partition coefficient (Wildman–Crippen LogP) is 30.0. The zero-order chi connectivity index (χ0) is 98.5. The smallest absolute Gasteiger partial charge is 0.753 e. The Balaban J connectivity index is 0.000000342. The third-order valence-corrected chi connectivity index (χ3v) is 19.4. The molecule has 13 aromatic carbocycles. The Bertz CT molecular complexity index is 5850. The Morgan fingerprint density at radius 3 is 0.582 bits per heavy atom.